The number of imidazole rings is 2. The van der Waals surface area contributed by atoms with Gasteiger partial charge in [-0.3, -0.25) is 9.80 Å². The van der Waals surface area contributed by atoms with E-state index in [4.69, 9.17) is 14.6 Å². The summed E-state index contributed by atoms with van der Waals surface area (Å²) in [6, 6.07) is 0. The molecule has 2 aromatic heterocycles. The average Bonchev–Trinajstić information content (AvgIpc) is 4.09. The molecule has 0 radical (unpaired) electrons. The molecule has 0 saturated carbocycles. The van der Waals surface area contributed by atoms with Crippen LogP contribution in [0.2, 0.25) is 0 Å². The van der Waals surface area contributed by atoms with E-state index < -0.39 is 5.60 Å². The van der Waals surface area contributed by atoms with Gasteiger partial charge in [0.2, 0.25) is 0 Å². The van der Waals surface area contributed by atoms with Crippen LogP contribution >= 0.6 is 0 Å². The maximum Gasteiger partial charge on any atom is 0.410 e. The van der Waals surface area contributed by atoms with Crippen molar-refractivity contribution in [1.82, 2.24) is 63.6 Å². The van der Waals surface area contributed by atoms with Crippen molar-refractivity contribution < 1.29 is 19.4 Å². The second-order valence-electron chi connectivity index (χ2n) is 21.8. The lowest BCUT2D eigenvalue weighted by Gasteiger charge is -2.35. The zero-order valence-corrected chi connectivity index (χ0v) is 50.7. The number of aryl methyl sites for hydroxylation is 1. The molecule has 7 heterocycles. The summed E-state index contributed by atoms with van der Waals surface area (Å²) in [7, 11) is 4.42. The molecule has 0 bridgehead atoms. The lowest BCUT2D eigenvalue weighted by molar-refractivity contribution is 0.0145. The summed E-state index contributed by atoms with van der Waals surface area (Å²) in [5, 5.41) is 12.5. The molecule has 5 fully saturated rings. The SMILES string of the molecule is C.CCCN1CCC(O)CC1.CCCN1CCCN(C)CC1.CCCN1CCN(C(=O)OC(C)(C)C)CC1.CCCN1CCN(C)CC1.CCCN1CCOCC1.CCCNCCn1ccnc1.CCCn1ccnc1. The minimum atomic E-state index is -0.391. The van der Waals surface area contributed by atoms with Crippen LogP contribution in [-0.2, 0) is 22.6 Å². The van der Waals surface area contributed by atoms with Gasteiger partial charge < -0.3 is 58.4 Å². The number of hydrogen-bond acceptors (Lipinski definition) is 14. The van der Waals surface area contributed by atoms with Crippen LogP contribution in [0.3, 0.4) is 0 Å². The summed E-state index contributed by atoms with van der Waals surface area (Å²) in [5.41, 5.74) is -0.391. The van der Waals surface area contributed by atoms with Crippen molar-refractivity contribution in [2.24, 2.45) is 0 Å². The van der Waals surface area contributed by atoms with Crippen molar-refractivity contribution in [3.05, 3.63) is 37.4 Å². The Bertz CT molecular complexity index is 1460. The lowest BCUT2D eigenvalue weighted by Crippen LogP contribution is -2.50. The summed E-state index contributed by atoms with van der Waals surface area (Å²) in [6.45, 7) is 51.5. The van der Waals surface area contributed by atoms with E-state index in [1.807, 2.05) is 45.8 Å². The Balaban J connectivity index is 0.000000870. The molecule has 5 aliphatic rings. The van der Waals surface area contributed by atoms with E-state index in [1.54, 1.807) is 17.3 Å². The molecular weight excluding hydrogens is 955 g/mol. The zero-order valence-electron chi connectivity index (χ0n) is 50.7. The number of likely N-dealkylation sites (N-methyl/N-ethyl adjacent to an activating group) is 2. The van der Waals surface area contributed by atoms with Crippen molar-refractivity contribution >= 4 is 6.09 Å². The number of aliphatic hydroxyl groups is 1. The molecule has 0 aliphatic carbocycles. The van der Waals surface area contributed by atoms with Crippen LogP contribution < -0.4 is 5.32 Å². The van der Waals surface area contributed by atoms with Crippen LogP contribution in [0, 0.1) is 0 Å². The van der Waals surface area contributed by atoms with E-state index in [0.717, 1.165) is 111 Å². The van der Waals surface area contributed by atoms with Gasteiger partial charge in [0.25, 0.3) is 0 Å². The highest BCUT2D eigenvalue weighted by atomic mass is 16.6. The van der Waals surface area contributed by atoms with Gasteiger partial charge in [0, 0.05) is 136 Å². The Morgan fingerprint density at radius 3 is 1.37 bits per heavy atom. The summed E-state index contributed by atoms with van der Waals surface area (Å²) in [4.78, 5) is 38.6. The minimum Gasteiger partial charge on any atom is -0.444 e. The highest BCUT2D eigenvalue weighted by Gasteiger charge is 2.25. The molecule has 2 aromatic rings. The first-order chi connectivity index (χ1) is 36.2. The van der Waals surface area contributed by atoms with Gasteiger partial charge in [-0.05, 0) is 151 Å². The number of morpholine rings is 1. The summed E-state index contributed by atoms with van der Waals surface area (Å²) < 4.78 is 14.7. The van der Waals surface area contributed by atoms with Gasteiger partial charge in [0.1, 0.15) is 5.60 Å². The van der Waals surface area contributed by atoms with E-state index in [2.05, 4.69) is 121 Å². The molecule has 0 spiro atoms. The third kappa shape index (κ3) is 40.5. The Morgan fingerprint density at radius 1 is 0.539 bits per heavy atom. The number of aromatic nitrogens is 4. The van der Waals surface area contributed by atoms with Gasteiger partial charge in [-0.15, -0.1) is 0 Å². The molecule has 17 nitrogen and oxygen atoms in total. The topological polar surface area (TPSA) is 129 Å². The van der Waals surface area contributed by atoms with E-state index in [1.165, 1.54) is 130 Å². The van der Waals surface area contributed by atoms with E-state index >= 15 is 0 Å². The van der Waals surface area contributed by atoms with Gasteiger partial charge in [0.05, 0.1) is 32.0 Å². The monoisotopic (exact) mass is 1080 g/mol. The summed E-state index contributed by atoms with van der Waals surface area (Å²) in [6.07, 6.45) is 23.0. The summed E-state index contributed by atoms with van der Waals surface area (Å²) in [5.74, 6) is 0. The number of rotatable bonds is 17. The Morgan fingerprint density at radius 2 is 0.947 bits per heavy atom. The maximum absolute atomic E-state index is 11.8. The van der Waals surface area contributed by atoms with Crippen molar-refractivity contribution in [2.45, 2.75) is 166 Å². The number of nitrogens with zero attached hydrogens (tertiary/aromatic N) is 12. The highest BCUT2D eigenvalue weighted by Crippen LogP contribution is 2.12. The van der Waals surface area contributed by atoms with Crippen LogP contribution in [0.1, 0.15) is 141 Å². The summed E-state index contributed by atoms with van der Waals surface area (Å²) >= 11 is 0. The van der Waals surface area contributed by atoms with Gasteiger partial charge in [-0.25, -0.2) is 14.8 Å². The third-order valence-corrected chi connectivity index (χ3v) is 13.4. The fourth-order valence-corrected chi connectivity index (χ4v) is 9.03. The fraction of sp³-hybridized carbons (Fsp3) is 0.881. The molecule has 448 valence electrons. The molecule has 7 rings (SSSR count). The highest BCUT2D eigenvalue weighted by molar-refractivity contribution is 5.68. The Hall–Kier alpha value is -2.71. The number of carbonyl (C=O) groups is 1. The molecule has 5 aliphatic heterocycles. The number of piperidine rings is 1. The van der Waals surface area contributed by atoms with Crippen LogP contribution in [0.15, 0.2) is 37.4 Å². The smallest absolute Gasteiger partial charge is 0.410 e. The quantitative estimate of drug-likeness (QED) is 0.149. The first-order valence-corrected chi connectivity index (χ1v) is 30.0. The number of carbonyl (C=O) groups excluding carboxylic acids is 1. The molecule has 17 heteroatoms. The van der Waals surface area contributed by atoms with Gasteiger partial charge in [-0.1, -0.05) is 55.9 Å². The average molecular weight is 1080 g/mol. The molecule has 76 heavy (non-hydrogen) atoms. The first-order valence-electron chi connectivity index (χ1n) is 30.0. The van der Waals surface area contributed by atoms with Crippen molar-refractivity contribution in [2.75, 3.05) is 178 Å². The molecule has 1 amide bonds. The lowest BCUT2D eigenvalue weighted by atomic mass is 10.1. The predicted molar refractivity (Wildman–Crippen MR) is 322 cm³/mol. The van der Waals surface area contributed by atoms with Crippen molar-refractivity contribution in [1.29, 1.82) is 0 Å². The second-order valence-corrected chi connectivity index (χ2v) is 21.8. The minimum absolute atomic E-state index is 0. The number of amides is 1. The number of hydrogen-bond donors (Lipinski definition) is 2. The predicted octanol–water partition coefficient (Wildman–Crippen LogP) is 8.02. The van der Waals surface area contributed by atoms with Gasteiger partial charge in [0.15, 0.2) is 0 Å². The first kappa shape index (κ1) is 73.3. The molecule has 2 N–H and O–H groups in total. The third-order valence-electron chi connectivity index (χ3n) is 13.4. The molecule has 0 aromatic carbocycles. The number of nitrogens with one attached hydrogen (secondary N) is 1. The normalized spacial score (nSPS) is 18.6. The van der Waals surface area contributed by atoms with Crippen LogP contribution in [0.25, 0.3) is 0 Å². The maximum atomic E-state index is 11.8. The standard InChI is InChI=1S/C12H24N2O2.C9H20N2.C8H15N3.C8H18N2.C8H17NO.C7H15NO.C6H10N2.CH4/c1-5-6-13-7-9-14(10-8-13)11(15)16-12(2,3)4;1-3-5-11-7-4-6-10(2)8-9-11;1-2-3-9-4-6-11-7-5-10-8-11;1-3-4-10-7-5-9(2)6-8-10;1-2-5-9-6-3-8(10)4-7-9;1-2-3-8-4-6-9-7-5-8;1-2-4-8-5-3-7-6-8;/h5-10H2,1-4H3;3-9H2,1-2H3;5,7-9H,2-4,6H2,1H3;3-8H2,1-2H3;8,10H,2-7H2,1H3;2-7H2,1H3;3,5-6H,2,4H2,1H3;1H4. The van der Waals surface area contributed by atoms with Gasteiger partial charge >= 0.3 is 6.09 Å². The van der Waals surface area contributed by atoms with E-state index in [0.29, 0.717) is 0 Å². The van der Waals surface area contributed by atoms with E-state index in [9.17, 15) is 4.79 Å². The van der Waals surface area contributed by atoms with Crippen LogP contribution in [-0.4, -0.2) is 259 Å². The number of likely N-dealkylation sites (tertiary alicyclic amines) is 1. The van der Waals surface area contributed by atoms with Gasteiger partial charge in [-0.2, -0.15) is 0 Å². The Kier molecular flexibility index (Phi) is 46.5. The Labute approximate surface area is 468 Å². The zero-order chi connectivity index (χ0) is 55.4. The second kappa shape index (κ2) is 48.2. The van der Waals surface area contributed by atoms with Crippen LogP contribution in [0.4, 0.5) is 4.79 Å². The largest absolute Gasteiger partial charge is 0.444 e. The molecule has 5 saturated heterocycles. The molecule has 0 atom stereocenters. The van der Waals surface area contributed by atoms with Crippen molar-refractivity contribution in [3.63, 3.8) is 0 Å². The molecule has 0 unspecified atom stereocenters. The number of ether oxygens (including phenoxy) is 2. The fourth-order valence-electron chi connectivity index (χ4n) is 9.03. The van der Waals surface area contributed by atoms with Crippen LogP contribution in [0.5, 0.6) is 0 Å². The van der Waals surface area contributed by atoms with Crippen molar-refractivity contribution in [3.8, 4) is 0 Å². The number of aliphatic hydroxyl groups excluding tert-OH is 1. The molecular formula is C59H123N13O4. The van der Waals surface area contributed by atoms with E-state index in [-0.39, 0.29) is 19.6 Å². The number of piperazine rings is 2.